The second kappa shape index (κ2) is 6.66. The lowest BCUT2D eigenvalue weighted by atomic mass is 9.93. The first-order valence-electron chi connectivity index (χ1n) is 6.54. The molecule has 114 valence electrons. The van der Waals surface area contributed by atoms with Gasteiger partial charge in [-0.3, -0.25) is 10.0 Å². The number of hydrogen-bond acceptors (Lipinski definition) is 4. The van der Waals surface area contributed by atoms with E-state index in [1.807, 2.05) is 6.07 Å². The van der Waals surface area contributed by atoms with E-state index in [1.165, 1.54) is 6.07 Å². The van der Waals surface area contributed by atoms with Crippen LogP contribution in [0.5, 0.6) is 0 Å². The number of hydrogen-bond donors (Lipinski definition) is 2. The number of aliphatic hydroxyl groups is 1. The van der Waals surface area contributed by atoms with E-state index in [0.717, 1.165) is 12.1 Å². The molecule has 0 saturated carbocycles. The van der Waals surface area contributed by atoms with Crippen molar-refractivity contribution < 1.29 is 19.5 Å². The molecule has 1 aromatic carbocycles. The smallest absolute Gasteiger partial charge is 0.251 e. The monoisotopic (exact) mass is 294 g/mol. The molecule has 0 aliphatic carbocycles. The number of nitriles is 1. The predicted octanol–water partition coefficient (Wildman–Crippen LogP) is 2.38. The number of hydroxylamine groups is 2. The van der Waals surface area contributed by atoms with E-state index in [1.54, 1.807) is 20.8 Å². The average Bonchev–Trinajstić information content (AvgIpc) is 2.41. The van der Waals surface area contributed by atoms with Crippen molar-refractivity contribution in [3.05, 3.63) is 35.1 Å². The molecule has 0 bridgehead atoms. The first-order valence-corrected chi connectivity index (χ1v) is 6.54. The Hall–Kier alpha value is -1.97. The van der Waals surface area contributed by atoms with Gasteiger partial charge in [-0.1, -0.05) is 20.8 Å². The Labute approximate surface area is 123 Å². The zero-order valence-corrected chi connectivity index (χ0v) is 12.3. The molecule has 0 radical (unpaired) electrons. The Balaban J connectivity index is 3.21. The maximum absolute atomic E-state index is 13.5. The number of rotatable bonds is 4. The van der Waals surface area contributed by atoms with Gasteiger partial charge in [-0.05, 0) is 30.2 Å². The first kappa shape index (κ1) is 17.1. The van der Waals surface area contributed by atoms with Gasteiger partial charge in [0.05, 0.1) is 17.7 Å². The van der Waals surface area contributed by atoms with Gasteiger partial charge in [-0.2, -0.15) is 5.26 Å². The number of carbonyl (C=O) groups is 1. The molecule has 0 aromatic heterocycles. The highest BCUT2D eigenvalue weighted by molar-refractivity contribution is 5.80. The summed E-state index contributed by atoms with van der Waals surface area (Å²) in [7, 11) is 0. The highest BCUT2D eigenvalue weighted by Gasteiger charge is 2.32. The maximum Gasteiger partial charge on any atom is 0.251 e. The molecule has 0 spiro atoms. The van der Waals surface area contributed by atoms with Gasteiger partial charge in [0.15, 0.2) is 0 Å². The van der Waals surface area contributed by atoms with Crippen LogP contribution in [0.25, 0.3) is 0 Å². The third-order valence-corrected chi connectivity index (χ3v) is 2.98. The lowest BCUT2D eigenvalue weighted by Crippen LogP contribution is -2.40. The molecule has 21 heavy (non-hydrogen) atoms. The topological polar surface area (TPSA) is 84.6 Å². The molecule has 5 nitrogen and oxygen atoms in total. The minimum Gasteiger partial charge on any atom is -0.396 e. The van der Waals surface area contributed by atoms with E-state index in [0.29, 0.717) is 5.06 Å². The van der Waals surface area contributed by atoms with E-state index < -0.39 is 23.2 Å². The lowest BCUT2D eigenvalue weighted by molar-refractivity contribution is -0.187. The number of nitrogens with zero attached hydrogens (tertiary/aromatic N) is 2. The first-order chi connectivity index (χ1) is 9.70. The molecule has 1 rings (SSSR count). The van der Waals surface area contributed by atoms with Gasteiger partial charge >= 0.3 is 0 Å². The fourth-order valence-electron chi connectivity index (χ4n) is 1.91. The average molecular weight is 294 g/mol. The normalized spacial score (nSPS) is 12.6. The van der Waals surface area contributed by atoms with Gasteiger partial charge < -0.3 is 5.11 Å². The van der Waals surface area contributed by atoms with Crippen molar-refractivity contribution in [2.45, 2.75) is 33.2 Å². The Morgan fingerprint density at radius 1 is 1.43 bits per heavy atom. The third-order valence-electron chi connectivity index (χ3n) is 2.98. The van der Waals surface area contributed by atoms with Crippen LogP contribution in [0.2, 0.25) is 0 Å². The fraction of sp³-hybridized carbons (Fsp3) is 0.467. The third kappa shape index (κ3) is 4.25. The molecule has 0 heterocycles. The van der Waals surface area contributed by atoms with Gasteiger partial charge in [-0.25, -0.2) is 9.45 Å². The highest BCUT2D eigenvalue weighted by atomic mass is 19.1. The molecule has 0 aliphatic rings. The van der Waals surface area contributed by atoms with Crippen LogP contribution in [0.4, 0.5) is 4.39 Å². The largest absolute Gasteiger partial charge is 0.396 e. The zero-order valence-electron chi connectivity index (χ0n) is 12.3. The SMILES string of the molecule is CC(C)(C)C(=O)N(O)[C@@H](CCO)c1cc(F)cc(C#N)c1. The molecular weight excluding hydrogens is 275 g/mol. The van der Waals surface area contributed by atoms with Crippen LogP contribution in [0, 0.1) is 22.6 Å². The summed E-state index contributed by atoms with van der Waals surface area (Å²) in [4.78, 5) is 12.1. The Bertz CT molecular complexity index is 561. The van der Waals surface area contributed by atoms with E-state index in [-0.39, 0.29) is 24.2 Å². The number of aliphatic hydroxyl groups excluding tert-OH is 1. The van der Waals surface area contributed by atoms with E-state index in [9.17, 15) is 14.4 Å². The zero-order chi connectivity index (χ0) is 16.2. The van der Waals surface area contributed by atoms with Crippen LogP contribution in [0.3, 0.4) is 0 Å². The second-order valence-corrected chi connectivity index (χ2v) is 5.81. The number of benzene rings is 1. The van der Waals surface area contributed by atoms with Crippen molar-refractivity contribution >= 4 is 5.91 Å². The Morgan fingerprint density at radius 2 is 2.05 bits per heavy atom. The summed E-state index contributed by atoms with van der Waals surface area (Å²) in [5, 5.41) is 28.6. The molecule has 0 fully saturated rings. The minimum atomic E-state index is -0.912. The van der Waals surface area contributed by atoms with E-state index >= 15 is 0 Å². The fourth-order valence-corrected chi connectivity index (χ4v) is 1.91. The highest BCUT2D eigenvalue weighted by Crippen LogP contribution is 2.28. The summed E-state index contributed by atoms with van der Waals surface area (Å²) >= 11 is 0. The molecular formula is C15H19FN2O3. The summed E-state index contributed by atoms with van der Waals surface area (Å²) in [5.74, 6) is -1.19. The summed E-state index contributed by atoms with van der Waals surface area (Å²) in [6.45, 7) is 4.63. The van der Waals surface area contributed by atoms with Crippen LogP contribution in [0.15, 0.2) is 18.2 Å². The van der Waals surface area contributed by atoms with Crippen LogP contribution in [-0.2, 0) is 4.79 Å². The van der Waals surface area contributed by atoms with Crippen LogP contribution < -0.4 is 0 Å². The second-order valence-electron chi connectivity index (χ2n) is 5.81. The van der Waals surface area contributed by atoms with Crippen molar-refractivity contribution in [2.24, 2.45) is 5.41 Å². The van der Waals surface area contributed by atoms with Gasteiger partial charge in [-0.15, -0.1) is 0 Å². The summed E-state index contributed by atoms with van der Waals surface area (Å²) in [5.41, 5.74) is -0.473. The molecule has 0 saturated heterocycles. The molecule has 1 atom stereocenters. The van der Waals surface area contributed by atoms with E-state index in [4.69, 9.17) is 10.4 Å². The van der Waals surface area contributed by atoms with Gasteiger partial charge in [0.25, 0.3) is 5.91 Å². The van der Waals surface area contributed by atoms with Crippen molar-refractivity contribution in [3.8, 4) is 6.07 Å². The van der Waals surface area contributed by atoms with Gasteiger partial charge in [0, 0.05) is 12.0 Å². The number of halogens is 1. The molecule has 0 aliphatic heterocycles. The van der Waals surface area contributed by atoms with Crippen molar-refractivity contribution in [3.63, 3.8) is 0 Å². The maximum atomic E-state index is 13.5. The van der Waals surface area contributed by atoms with Crippen LogP contribution >= 0.6 is 0 Å². The van der Waals surface area contributed by atoms with Crippen LogP contribution in [-0.4, -0.2) is 27.9 Å². The summed E-state index contributed by atoms with van der Waals surface area (Å²) < 4.78 is 13.5. The van der Waals surface area contributed by atoms with Gasteiger partial charge in [0.1, 0.15) is 5.82 Å². The molecule has 1 aromatic rings. The Morgan fingerprint density at radius 3 is 2.52 bits per heavy atom. The molecule has 1 amide bonds. The lowest BCUT2D eigenvalue weighted by Gasteiger charge is -2.31. The van der Waals surface area contributed by atoms with Crippen LogP contribution in [0.1, 0.15) is 44.4 Å². The minimum absolute atomic E-state index is 0.0344. The van der Waals surface area contributed by atoms with Gasteiger partial charge in [0.2, 0.25) is 0 Å². The quantitative estimate of drug-likeness (QED) is 0.659. The molecule has 6 heteroatoms. The van der Waals surface area contributed by atoms with Crippen molar-refractivity contribution in [2.75, 3.05) is 6.61 Å². The van der Waals surface area contributed by atoms with E-state index in [2.05, 4.69) is 0 Å². The summed E-state index contributed by atoms with van der Waals surface area (Å²) in [6.07, 6.45) is 0.0344. The standard InChI is InChI=1S/C15H19FN2O3/c1-15(2,3)14(20)18(21)13(4-5-19)11-6-10(9-17)7-12(16)8-11/h6-8,13,19,21H,4-5H2,1-3H3/t13-/m0/s1. The predicted molar refractivity (Wildman–Crippen MR) is 73.6 cm³/mol. The Kier molecular flexibility index (Phi) is 5.41. The van der Waals surface area contributed by atoms with Crippen molar-refractivity contribution in [1.82, 2.24) is 5.06 Å². The summed E-state index contributed by atoms with van der Waals surface area (Å²) in [6, 6.07) is 4.50. The molecule has 0 unspecified atom stereocenters. The van der Waals surface area contributed by atoms with Crippen molar-refractivity contribution in [1.29, 1.82) is 5.26 Å². The molecule has 2 N–H and O–H groups in total. The number of amides is 1. The number of carbonyl (C=O) groups excluding carboxylic acids is 1.